The summed E-state index contributed by atoms with van der Waals surface area (Å²) in [5.41, 5.74) is 2.32. The number of rotatable bonds is 6. The second-order valence-corrected chi connectivity index (χ2v) is 8.38. The molecule has 0 radical (unpaired) electrons. The van der Waals surface area contributed by atoms with Gasteiger partial charge in [-0.25, -0.2) is 14.6 Å². The van der Waals surface area contributed by atoms with Crippen molar-refractivity contribution in [2.24, 2.45) is 0 Å². The molecule has 0 aliphatic heterocycles. The van der Waals surface area contributed by atoms with E-state index in [-0.39, 0.29) is 12.1 Å². The lowest BCUT2D eigenvalue weighted by Crippen LogP contribution is -2.44. The molecule has 168 valence electrons. The van der Waals surface area contributed by atoms with E-state index in [0.29, 0.717) is 22.6 Å². The Morgan fingerprint density at radius 1 is 1.25 bits per heavy atom. The molecule has 10 heteroatoms. The summed E-state index contributed by atoms with van der Waals surface area (Å²) in [6.07, 6.45) is 0.853. The number of ether oxygens (including phenoxy) is 1. The fourth-order valence-corrected chi connectivity index (χ4v) is 3.21. The summed E-state index contributed by atoms with van der Waals surface area (Å²) < 4.78 is 6.94. The van der Waals surface area contributed by atoms with Gasteiger partial charge in [0.1, 0.15) is 17.3 Å². The topological polar surface area (TPSA) is 136 Å². The molecule has 1 aromatic carbocycles. The lowest BCUT2D eigenvalue weighted by molar-refractivity contribution is -0.384. The number of nitrogens with one attached hydrogen (secondary N) is 1. The van der Waals surface area contributed by atoms with Gasteiger partial charge in [-0.1, -0.05) is 0 Å². The molecule has 0 bridgehead atoms. The number of pyridine rings is 1. The number of nitrogens with zero attached hydrogens (tertiary/aromatic N) is 3. The van der Waals surface area contributed by atoms with Crippen LogP contribution in [-0.4, -0.2) is 43.1 Å². The van der Waals surface area contributed by atoms with Crippen LogP contribution in [0.3, 0.4) is 0 Å². The predicted octanol–water partition coefficient (Wildman–Crippen LogP) is 3.74. The second-order valence-electron chi connectivity index (χ2n) is 8.38. The largest absolute Gasteiger partial charge is 0.480 e. The van der Waals surface area contributed by atoms with Crippen LogP contribution in [0.15, 0.2) is 42.6 Å². The average molecular weight is 440 g/mol. The molecule has 0 spiro atoms. The first-order valence-corrected chi connectivity index (χ1v) is 9.89. The number of imidazole rings is 1. The fraction of sp³-hybridized carbons (Fsp3) is 0.318. The number of fused-ring (bicyclic) bond motifs is 1. The van der Waals surface area contributed by atoms with Crippen molar-refractivity contribution in [3.05, 3.63) is 64.0 Å². The van der Waals surface area contributed by atoms with Gasteiger partial charge in [-0.05, 0) is 57.5 Å². The average Bonchev–Trinajstić information content (AvgIpc) is 3.03. The monoisotopic (exact) mass is 440 g/mol. The summed E-state index contributed by atoms with van der Waals surface area (Å²) in [4.78, 5) is 39.2. The van der Waals surface area contributed by atoms with Crippen LogP contribution in [0.4, 0.5) is 10.5 Å². The SMILES string of the molecule is Cc1ccn2c(CC(NC(=O)OC(C)(C)C)C(=O)O)c(-c3ccc([N+](=O)[O-])cc3)nc2c1. The Kier molecular flexibility index (Phi) is 6.15. The molecule has 3 rings (SSSR count). The van der Waals surface area contributed by atoms with Crippen molar-refractivity contribution < 1.29 is 24.4 Å². The van der Waals surface area contributed by atoms with Crippen molar-refractivity contribution >= 4 is 23.4 Å². The van der Waals surface area contributed by atoms with Gasteiger partial charge in [0.2, 0.25) is 0 Å². The highest BCUT2D eigenvalue weighted by Crippen LogP contribution is 2.28. The zero-order chi connectivity index (χ0) is 23.6. The first-order valence-electron chi connectivity index (χ1n) is 9.89. The zero-order valence-electron chi connectivity index (χ0n) is 18.2. The molecule has 3 aromatic rings. The van der Waals surface area contributed by atoms with Crippen molar-refractivity contribution in [3.8, 4) is 11.3 Å². The van der Waals surface area contributed by atoms with Gasteiger partial charge in [0, 0.05) is 30.3 Å². The Morgan fingerprint density at radius 2 is 1.91 bits per heavy atom. The number of amides is 1. The Balaban J connectivity index is 2.03. The summed E-state index contributed by atoms with van der Waals surface area (Å²) >= 11 is 0. The number of aryl methyl sites for hydroxylation is 1. The molecular formula is C22H24N4O6. The molecule has 0 saturated carbocycles. The van der Waals surface area contributed by atoms with E-state index in [0.717, 1.165) is 5.56 Å². The highest BCUT2D eigenvalue weighted by molar-refractivity contribution is 5.81. The van der Waals surface area contributed by atoms with Gasteiger partial charge in [0.15, 0.2) is 0 Å². The fourth-order valence-electron chi connectivity index (χ4n) is 3.21. The van der Waals surface area contributed by atoms with Crippen LogP contribution < -0.4 is 5.32 Å². The van der Waals surface area contributed by atoms with E-state index in [1.165, 1.54) is 12.1 Å². The number of benzene rings is 1. The first-order chi connectivity index (χ1) is 14.9. The van der Waals surface area contributed by atoms with Gasteiger partial charge < -0.3 is 19.6 Å². The number of nitro groups is 1. The molecule has 0 aliphatic carbocycles. The number of hydrogen-bond acceptors (Lipinski definition) is 6. The van der Waals surface area contributed by atoms with Crippen LogP contribution in [0, 0.1) is 17.0 Å². The summed E-state index contributed by atoms with van der Waals surface area (Å²) in [6.45, 7) is 6.95. The minimum Gasteiger partial charge on any atom is -0.480 e. The van der Waals surface area contributed by atoms with Gasteiger partial charge in [0.05, 0.1) is 16.3 Å². The molecule has 2 N–H and O–H groups in total. The number of hydrogen-bond donors (Lipinski definition) is 2. The summed E-state index contributed by atoms with van der Waals surface area (Å²) in [6, 6.07) is 8.28. The Bertz CT molecular complexity index is 1180. The van der Waals surface area contributed by atoms with Crippen molar-refractivity contribution in [1.82, 2.24) is 14.7 Å². The third-order valence-corrected chi connectivity index (χ3v) is 4.62. The molecular weight excluding hydrogens is 416 g/mol. The molecule has 1 unspecified atom stereocenters. The molecule has 0 fully saturated rings. The van der Waals surface area contributed by atoms with Crippen LogP contribution in [0.25, 0.3) is 16.9 Å². The minimum atomic E-state index is -1.28. The molecule has 2 aromatic heterocycles. The summed E-state index contributed by atoms with van der Waals surface area (Å²) in [5, 5.41) is 23.1. The van der Waals surface area contributed by atoms with Crippen LogP contribution in [-0.2, 0) is 16.0 Å². The molecule has 32 heavy (non-hydrogen) atoms. The van der Waals surface area contributed by atoms with Gasteiger partial charge >= 0.3 is 12.1 Å². The number of aromatic nitrogens is 2. The van der Waals surface area contributed by atoms with Crippen LogP contribution in [0.2, 0.25) is 0 Å². The van der Waals surface area contributed by atoms with Gasteiger partial charge in [-0.3, -0.25) is 10.1 Å². The first kappa shape index (κ1) is 22.7. The van der Waals surface area contributed by atoms with E-state index in [1.54, 1.807) is 43.5 Å². The number of carbonyl (C=O) groups excluding carboxylic acids is 1. The number of aliphatic carboxylic acids is 1. The Labute approximate surface area is 184 Å². The zero-order valence-corrected chi connectivity index (χ0v) is 18.2. The van der Waals surface area contributed by atoms with Crippen LogP contribution in [0.5, 0.6) is 0 Å². The second kappa shape index (κ2) is 8.66. The smallest absolute Gasteiger partial charge is 0.408 e. The van der Waals surface area contributed by atoms with Gasteiger partial charge in [0.25, 0.3) is 5.69 Å². The lowest BCUT2D eigenvalue weighted by atomic mass is 10.0. The maximum Gasteiger partial charge on any atom is 0.408 e. The highest BCUT2D eigenvalue weighted by Gasteiger charge is 2.27. The van der Waals surface area contributed by atoms with E-state index >= 15 is 0 Å². The third-order valence-electron chi connectivity index (χ3n) is 4.62. The van der Waals surface area contributed by atoms with Crippen molar-refractivity contribution in [2.75, 3.05) is 0 Å². The number of non-ortho nitro benzene ring substituents is 1. The summed E-state index contributed by atoms with van der Waals surface area (Å²) in [5.74, 6) is -1.23. The molecule has 10 nitrogen and oxygen atoms in total. The van der Waals surface area contributed by atoms with Crippen molar-refractivity contribution in [2.45, 2.75) is 45.8 Å². The van der Waals surface area contributed by atoms with E-state index in [2.05, 4.69) is 10.3 Å². The standard InChI is InChI=1S/C22H24N4O6/c1-13-9-10-25-17(12-16(20(27)28)23-21(29)32-22(2,3)4)19(24-18(25)11-13)14-5-7-15(8-6-14)26(30)31/h5-11,16H,12H2,1-4H3,(H,23,29)(H,27,28). The summed E-state index contributed by atoms with van der Waals surface area (Å²) in [7, 11) is 0. The van der Waals surface area contributed by atoms with E-state index in [9.17, 15) is 24.8 Å². The Morgan fingerprint density at radius 3 is 2.47 bits per heavy atom. The van der Waals surface area contributed by atoms with Crippen molar-refractivity contribution in [3.63, 3.8) is 0 Å². The normalized spacial score (nSPS) is 12.4. The maximum atomic E-state index is 12.2. The molecule has 0 aliphatic rings. The third kappa shape index (κ3) is 5.20. The maximum absolute atomic E-state index is 12.2. The quantitative estimate of drug-likeness (QED) is 0.440. The van der Waals surface area contributed by atoms with Gasteiger partial charge in [-0.2, -0.15) is 0 Å². The molecule has 1 amide bonds. The Hall–Kier alpha value is -3.95. The highest BCUT2D eigenvalue weighted by atomic mass is 16.6. The lowest BCUT2D eigenvalue weighted by Gasteiger charge is -2.22. The van der Waals surface area contributed by atoms with E-state index in [1.807, 2.05) is 19.1 Å². The number of nitro benzene ring substituents is 1. The number of carbonyl (C=O) groups is 2. The van der Waals surface area contributed by atoms with Crippen LogP contribution >= 0.6 is 0 Å². The molecule has 0 saturated heterocycles. The number of alkyl carbamates (subject to hydrolysis) is 1. The van der Waals surface area contributed by atoms with E-state index < -0.39 is 28.6 Å². The van der Waals surface area contributed by atoms with Crippen LogP contribution in [0.1, 0.15) is 32.0 Å². The number of carboxylic acids is 1. The molecule has 1 atom stereocenters. The van der Waals surface area contributed by atoms with E-state index in [4.69, 9.17) is 4.74 Å². The van der Waals surface area contributed by atoms with Gasteiger partial charge in [-0.15, -0.1) is 0 Å². The van der Waals surface area contributed by atoms with Crippen molar-refractivity contribution in [1.29, 1.82) is 0 Å². The molecule has 2 heterocycles. The number of carboxylic acid groups (broad SMARTS) is 1. The predicted molar refractivity (Wildman–Crippen MR) is 117 cm³/mol. The minimum absolute atomic E-state index is 0.0649.